The minimum atomic E-state index is 0.0180. The molecule has 1 aliphatic rings. The topological polar surface area (TPSA) is 52.7 Å². The molecule has 0 aromatic carbocycles. The number of rotatable bonds is 7. The summed E-state index contributed by atoms with van der Waals surface area (Å²) in [5, 5.41) is 2.77. The van der Waals surface area contributed by atoms with Crippen LogP contribution in [0.1, 0.15) is 26.7 Å². The Hall–Kier alpha value is -1.36. The molecule has 1 saturated heterocycles. The fourth-order valence-electron chi connectivity index (χ4n) is 2.17. The van der Waals surface area contributed by atoms with Crippen LogP contribution in [0.25, 0.3) is 0 Å². The van der Waals surface area contributed by atoms with Crippen molar-refractivity contribution < 1.29 is 9.59 Å². The van der Waals surface area contributed by atoms with E-state index in [9.17, 15) is 9.59 Å². The molecule has 0 saturated carbocycles. The Morgan fingerprint density at radius 1 is 1.25 bits per heavy atom. The van der Waals surface area contributed by atoms with Crippen LogP contribution >= 0.6 is 0 Å². The molecule has 1 N–H and O–H groups in total. The van der Waals surface area contributed by atoms with Gasteiger partial charge in [-0.2, -0.15) is 0 Å². The van der Waals surface area contributed by atoms with E-state index < -0.39 is 0 Å². The lowest BCUT2D eigenvalue weighted by atomic mass is 10.1. The van der Waals surface area contributed by atoms with Crippen LogP contribution in [-0.4, -0.2) is 60.9 Å². The van der Waals surface area contributed by atoms with Crippen molar-refractivity contribution in [2.75, 3.05) is 39.3 Å². The van der Waals surface area contributed by atoms with Gasteiger partial charge in [-0.25, -0.2) is 0 Å². The molecule has 114 valence electrons. The lowest BCUT2D eigenvalue weighted by Crippen LogP contribution is -2.51. The molecule has 5 nitrogen and oxygen atoms in total. The average Bonchev–Trinajstić information content (AvgIpc) is 2.43. The summed E-state index contributed by atoms with van der Waals surface area (Å²) < 4.78 is 0. The molecule has 2 amide bonds. The third-order valence-electron chi connectivity index (χ3n) is 3.47. The van der Waals surface area contributed by atoms with Crippen molar-refractivity contribution in [2.24, 2.45) is 5.92 Å². The Kier molecular flexibility index (Phi) is 7.30. The van der Waals surface area contributed by atoms with Crippen LogP contribution < -0.4 is 5.32 Å². The molecule has 0 spiro atoms. The molecule has 0 aliphatic carbocycles. The van der Waals surface area contributed by atoms with Gasteiger partial charge in [0, 0.05) is 39.1 Å². The molecular weight excluding hydrogens is 254 g/mol. The maximum absolute atomic E-state index is 12.0. The predicted octanol–water partition coefficient (Wildman–Crippen LogP) is 0.869. The van der Waals surface area contributed by atoms with Gasteiger partial charge in [0.15, 0.2) is 0 Å². The van der Waals surface area contributed by atoms with E-state index in [-0.39, 0.29) is 11.8 Å². The first-order chi connectivity index (χ1) is 9.52. The highest BCUT2D eigenvalue weighted by molar-refractivity contribution is 5.78. The van der Waals surface area contributed by atoms with Crippen molar-refractivity contribution >= 4 is 11.8 Å². The van der Waals surface area contributed by atoms with E-state index in [1.165, 1.54) is 0 Å². The van der Waals surface area contributed by atoms with E-state index in [2.05, 4.69) is 30.6 Å². The fourth-order valence-corrected chi connectivity index (χ4v) is 2.17. The van der Waals surface area contributed by atoms with E-state index in [0.29, 0.717) is 25.4 Å². The molecule has 20 heavy (non-hydrogen) atoms. The molecule has 1 fully saturated rings. The van der Waals surface area contributed by atoms with Gasteiger partial charge in [0.25, 0.3) is 0 Å². The zero-order chi connectivity index (χ0) is 15.0. The van der Waals surface area contributed by atoms with Gasteiger partial charge in [-0.15, -0.1) is 6.58 Å². The van der Waals surface area contributed by atoms with Gasteiger partial charge in [0.1, 0.15) is 0 Å². The number of carbonyl (C=O) groups is 2. The Balaban J connectivity index is 2.24. The smallest absolute Gasteiger partial charge is 0.234 e. The summed E-state index contributed by atoms with van der Waals surface area (Å²) in [6, 6.07) is 0. The summed E-state index contributed by atoms with van der Waals surface area (Å²) in [5.74, 6) is 0.827. The highest BCUT2D eigenvalue weighted by Crippen LogP contribution is 2.09. The van der Waals surface area contributed by atoms with Crippen LogP contribution in [-0.2, 0) is 9.59 Å². The fraction of sp³-hybridized carbons (Fsp3) is 0.733. The molecule has 5 heteroatoms. The molecule has 1 rings (SSSR count). The molecule has 0 aromatic heterocycles. The summed E-state index contributed by atoms with van der Waals surface area (Å²) in [5.41, 5.74) is 0. The largest absolute Gasteiger partial charge is 0.352 e. The second kappa shape index (κ2) is 8.74. The van der Waals surface area contributed by atoms with Crippen LogP contribution in [0.4, 0.5) is 0 Å². The summed E-state index contributed by atoms with van der Waals surface area (Å²) in [7, 11) is 0. The van der Waals surface area contributed by atoms with Crippen LogP contribution in [0.5, 0.6) is 0 Å². The van der Waals surface area contributed by atoms with Crippen LogP contribution in [0, 0.1) is 5.92 Å². The van der Waals surface area contributed by atoms with Gasteiger partial charge in [0.2, 0.25) is 11.8 Å². The van der Waals surface area contributed by atoms with Gasteiger partial charge in [-0.3, -0.25) is 14.5 Å². The quantitative estimate of drug-likeness (QED) is 0.705. The third-order valence-corrected chi connectivity index (χ3v) is 3.47. The second-order valence-electron chi connectivity index (χ2n) is 5.68. The zero-order valence-electron chi connectivity index (χ0n) is 12.7. The normalized spacial score (nSPS) is 16.2. The Labute approximate surface area is 122 Å². The van der Waals surface area contributed by atoms with Gasteiger partial charge < -0.3 is 10.2 Å². The molecular formula is C15H27N3O2. The number of nitrogens with zero attached hydrogens (tertiary/aromatic N) is 2. The van der Waals surface area contributed by atoms with Crippen molar-refractivity contribution in [3.63, 3.8) is 0 Å². The number of nitrogens with one attached hydrogen (secondary N) is 1. The SMILES string of the molecule is C=CCNC(=O)CN1CCN(C(=O)CCC(C)C)CC1. The van der Waals surface area contributed by atoms with Crippen molar-refractivity contribution in [3.8, 4) is 0 Å². The van der Waals surface area contributed by atoms with Crippen LogP contribution in [0.2, 0.25) is 0 Å². The van der Waals surface area contributed by atoms with E-state index in [4.69, 9.17) is 0 Å². The highest BCUT2D eigenvalue weighted by Gasteiger charge is 2.21. The molecule has 0 radical (unpaired) electrons. The second-order valence-corrected chi connectivity index (χ2v) is 5.68. The van der Waals surface area contributed by atoms with Gasteiger partial charge in [-0.1, -0.05) is 19.9 Å². The average molecular weight is 281 g/mol. The lowest BCUT2D eigenvalue weighted by molar-refractivity contribution is -0.133. The van der Waals surface area contributed by atoms with Gasteiger partial charge in [0.05, 0.1) is 6.54 Å². The number of hydrogen-bond donors (Lipinski definition) is 1. The standard InChI is InChI=1S/C15H27N3O2/c1-4-7-16-14(19)12-17-8-10-18(11-9-17)15(20)6-5-13(2)3/h4,13H,1,5-12H2,2-3H3,(H,16,19). The Bertz CT molecular complexity index is 334. The Morgan fingerprint density at radius 2 is 1.90 bits per heavy atom. The molecule has 0 aromatic rings. The van der Waals surface area contributed by atoms with Gasteiger partial charge >= 0.3 is 0 Å². The van der Waals surface area contributed by atoms with E-state index >= 15 is 0 Å². The summed E-state index contributed by atoms with van der Waals surface area (Å²) >= 11 is 0. The number of hydrogen-bond acceptors (Lipinski definition) is 3. The minimum absolute atomic E-state index is 0.0180. The minimum Gasteiger partial charge on any atom is -0.352 e. The van der Waals surface area contributed by atoms with Crippen molar-refractivity contribution in [1.29, 1.82) is 0 Å². The molecule has 1 aliphatic heterocycles. The van der Waals surface area contributed by atoms with Crippen LogP contribution in [0.3, 0.4) is 0 Å². The monoisotopic (exact) mass is 281 g/mol. The molecule has 0 bridgehead atoms. The maximum Gasteiger partial charge on any atom is 0.234 e. The predicted molar refractivity (Wildman–Crippen MR) is 80.3 cm³/mol. The highest BCUT2D eigenvalue weighted by atomic mass is 16.2. The number of piperazine rings is 1. The Morgan fingerprint density at radius 3 is 2.45 bits per heavy atom. The molecule has 0 atom stereocenters. The molecule has 1 heterocycles. The third kappa shape index (κ3) is 6.19. The van der Waals surface area contributed by atoms with E-state index in [1.807, 2.05) is 4.90 Å². The maximum atomic E-state index is 12.0. The summed E-state index contributed by atoms with van der Waals surface area (Å²) in [6.45, 7) is 11.7. The van der Waals surface area contributed by atoms with Crippen molar-refractivity contribution in [1.82, 2.24) is 15.1 Å². The van der Waals surface area contributed by atoms with Crippen molar-refractivity contribution in [3.05, 3.63) is 12.7 Å². The van der Waals surface area contributed by atoms with Gasteiger partial charge in [-0.05, 0) is 12.3 Å². The van der Waals surface area contributed by atoms with Crippen LogP contribution in [0.15, 0.2) is 12.7 Å². The van der Waals surface area contributed by atoms with E-state index in [0.717, 1.165) is 32.6 Å². The summed E-state index contributed by atoms with van der Waals surface area (Å²) in [6.07, 6.45) is 3.25. The van der Waals surface area contributed by atoms with Crippen molar-refractivity contribution in [2.45, 2.75) is 26.7 Å². The lowest BCUT2D eigenvalue weighted by Gasteiger charge is -2.34. The van der Waals surface area contributed by atoms with E-state index in [1.54, 1.807) is 6.08 Å². The number of amides is 2. The summed E-state index contributed by atoms with van der Waals surface area (Å²) in [4.78, 5) is 27.6. The first-order valence-corrected chi connectivity index (χ1v) is 7.40. The first kappa shape index (κ1) is 16.7. The number of carbonyl (C=O) groups excluding carboxylic acids is 2. The molecule has 0 unspecified atom stereocenters. The first-order valence-electron chi connectivity index (χ1n) is 7.40. The zero-order valence-corrected chi connectivity index (χ0v) is 12.7.